The Morgan fingerprint density at radius 1 is 0.944 bits per heavy atom. The zero-order chi connectivity index (χ0) is 26.2. The number of aryl methyl sites for hydroxylation is 2. The first-order valence-electron chi connectivity index (χ1n) is 12.9. The Labute approximate surface area is 215 Å². The third kappa shape index (κ3) is 12.6. The molecular formula is C27H41N2O6P. The van der Waals surface area contributed by atoms with Crippen LogP contribution in [0.1, 0.15) is 75.0 Å². The van der Waals surface area contributed by atoms with Crippen LogP contribution in [0.5, 0.6) is 5.88 Å². The molecule has 9 heteroatoms. The molecule has 0 aliphatic heterocycles. The lowest BCUT2D eigenvalue weighted by Gasteiger charge is -2.23. The third-order valence-corrected chi connectivity index (χ3v) is 6.54. The van der Waals surface area contributed by atoms with Crippen LogP contribution in [0.4, 0.5) is 0 Å². The van der Waals surface area contributed by atoms with Gasteiger partial charge in [-0.2, -0.15) is 0 Å². The second-order valence-electron chi connectivity index (χ2n) is 9.03. The average Bonchev–Trinajstić information content (AvgIpc) is 2.85. The number of carbonyl (C=O) groups excluding carboxylic acids is 1. The van der Waals surface area contributed by atoms with Gasteiger partial charge in [0.15, 0.2) is 0 Å². The van der Waals surface area contributed by atoms with Gasteiger partial charge < -0.3 is 19.4 Å². The average molecular weight is 521 g/mol. The molecule has 0 saturated carbocycles. The molecule has 0 spiro atoms. The highest BCUT2D eigenvalue weighted by Gasteiger charge is 2.18. The zero-order valence-electron chi connectivity index (χ0n) is 21.6. The summed E-state index contributed by atoms with van der Waals surface area (Å²) in [7, 11) is -3.06. The van der Waals surface area contributed by atoms with Gasteiger partial charge in [-0.25, -0.2) is 9.55 Å². The van der Waals surface area contributed by atoms with E-state index in [-0.39, 0.29) is 19.1 Å². The van der Waals surface area contributed by atoms with Crippen LogP contribution in [0, 0.1) is 0 Å². The van der Waals surface area contributed by atoms with Crippen molar-refractivity contribution in [1.29, 1.82) is 0 Å². The molecule has 1 aromatic heterocycles. The number of methoxy groups -OCH3 is 1. The highest BCUT2D eigenvalue weighted by molar-refractivity contribution is 7.46. The molecule has 0 fully saturated rings. The first-order chi connectivity index (χ1) is 17.3. The van der Waals surface area contributed by atoms with E-state index in [1.54, 1.807) is 23.2 Å². The number of carbonyl (C=O) groups is 1. The monoisotopic (exact) mass is 520 g/mol. The molecule has 2 rings (SSSR count). The molecule has 1 aromatic carbocycles. The maximum atomic E-state index is 12.8. The van der Waals surface area contributed by atoms with Crippen LogP contribution in [0.3, 0.4) is 0 Å². The van der Waals surface area contributed by atoms with E-state index in [1.807, 2.05) is 0 Å². The van der Waals surface area contributed by atoms with E-state index >= 15 is 0 Å². The minimum absolute atomic E-state index is 0.0633. The fourth-order valence-electron chi connectivity index (χ4n) is 4.07. The number of hydrogen-bond donors (Lipinski definition) is 2. The number of hydrogen-bond acceptors (Lipinski definition) is 5. The molecule has 0 saturated heterocycles. The van der Waals surface area contributed by atoms with Gasteiger partial charge in [0.1, 0.15) is 0 Å². The molecule has 2 N–H and O–H groups in total. The number of phosphoric acid groups is 1. The van der Waals surface area contributed by atoms with E-state index in [9.17, 15) is 9.36 Å². The molecule has 2 aromatic rings. The Kier molecular flexibility index (Phi) is 13.7. The number of amides is 1. The predicted octanol–water partition coefficient (Wildman–Crippen LogP) is 5.45. The summed E-state index contributed by atoms with van der Waals surface area (Å²) in [6.45, 7) is 2.35. The molecule has 0 atom stereocenters. The molecule has 0 radical (unpaired) electrons. The number of pyridine rings is 1. The van der Waals surface area contributed by atoms with E-state index < -0.39 is 7.82 Å². The van der Waals surface area contributed by atoms with E-state index in [4.69, 9.17) is 14.5 Å². The Balaban J connectivity index is 1.69. The fraction of sp³-hybridized carbons (Fsp3) is 0.556. The quantitative estimate of drug-likeness (QED) is 0.199. The van der Waals surface area contributed by atoms with Crippen LogP contribution in [-0.2, 0) is 33.3 Å². The van der Waals surface area contributed by atoms with Gasteiger partial charge in [-0.1, -0.05) is 63.3 Å². The van der Waals surface area contributed by atoms with Crippen LogP contribution in [0.2, 0.25) is 0 Å². The van der Waals surface area contributed by atoms with Crippen molar-refractivity contribution in [1.82, 2.24) is 9.88 Å². The van der Waals surface area contributed by atoms with Crippen molar-refractivity contribution in [2.24, 2.45) is 0 Å². The molecule has 0 aliphatic carbocycles. The molecule has 0 bridgehead atoms. The van der Waals surface area contributed by atoms with Crippen molar-refractivity contribution < 1.29 is 28.4 Å². The predicted molar refractivity (Wildman–Crippen MR) is 141 cm³/mol. The first kappa shape index (κ1) is 30.0. The van der Waals surface area contributed by atoms with Crippen LogP contribution < -0.4 is 4.74 Å². The lowest BCUT2D eigenvalue weighted by Crippen LogP contribution is -2.33. The van der Waals surface area contributed by atoms with Crippen molar-refractivity contribution >= 4 is 13.7 Å². The molecule has 8 nitrogen and oxygen atoms in total. The third-order valence-electron chi connectivity index (χ3n) is 6.02. The van der Waals surface area contributed by atoms with Crippen molar-refractivity contribution in [3.63, 3.8) is 0 Å². The van der Waals surface area contributed by atoms with Gasteiger partial charge in [0.25, 0.3) is 0 Å². The Bertz CT molecular complexity index is 948. The Morgan fingerprint density at radius 2 is 1.58 bits per heavy atom. The summed E-state index contributed by atoms with van der Waals surface area (Å²) in [6, 6.07) is 12.5. The molecule has 1 heterocycles. The number of nitrogens with zero attached hydrogens (tertiary/aromatic N) is 2. The number of benzene rings is 1. The second-order valence-corrected chi connectivity index (χ2v) is 10.3. The zero-order valence-corrected chi connectivity index (χ0v) is 22.5. The summed E-state index contributed by atoms with van der Waals surface area (Å²) in [5.41, 5.74) is 3.63. The number of ether oxygens (including phenoxy) is 1. The first-order valence-corrected chi connectivity index (χ1v) is 14.4. The summed E-state index contributed by atoms with van der Waals surface area (Å²) < 4.78 is 20.7. The lowest BCUT2D eigenvalue weighted by molar-refractivity contribution is -0.132. The van der Waals surface area contributed by atoms with Gasteiger partial charge in [-0.15, -0.1) is 0 Å². The van der Waals surface area contributed by atoms with Gasteiger partial charge in [0.05, 0.1) is 13.7 Å². The highest BCUT2D eigenvalue weighted by Crippen LogP contribution is 2.35. The van der Waals surface area contributed by atoms with Crippen LogP contribution >= 0.6 is 7.82 Å². The summed E-state index contributed by atoms with van der Waals surface area (Å²) in [5, 5.41) is 0. The molecule has 0 aliphatic rings. The maximum Gasteiger partial charge on any atom is 0.469 e. The molecule has 0 unspecified atom stereocenters. The minimum atomic E-state index is -4.58. The van der Waals surface area contributed by atoms with E-state index in [2.05, 4.69) is 40.7 Å². The molecule has 200 valence electrons. The summed E-state index contributed by atoms with van der Waals surface area (Å²) >= 11 is 0. The highest BCUT2D eigenvalue weighted by atomic mass is 31.2. The molecule has 1 amide bonds. The largest absolute Gasteiger partial charge is 0.481 e. The maximum absolute atomic E-state index is 12.8. The standard InChI is InChI=1S/C27H41N2O6P/c1-3-10-23-13-15-24(16-14-23)11-8-6-4-5-7-9-12-27(30)29(19-20-35-36(31,32)33)22-25-17-18-28-26(21-25)34-2/h13-18,21H,3-12,19-20,22H2,1-2H3,(H2,31,32,33). The van der Waals surface area contributed by atoms with Crippen molar-refractivity contribution in [3.05, 3.63) is 59.3 Å². The number of aromatic nitrogens is 1. The lowest BCUT2D eigenvalue weighted by atomic mass is 10.0. The topological polar surface area (TPSA) is 109 Å². The minimum Gasteiger partial charge on any atom is -0.481 e. The SMILES string of the molecule is CCCc1ccc(CCCCCCCCC(=O)N(CCOP(=O)(O)O)Cc2ccnc(OC)c2)cc1. The van der Waals surface area contributed by atoms with Crippen LogP contribution in [0.15, 0.2) is 42.6 Å². The smallest absolute Gasteiger partial charge is 0.469 e. The van der Waals surface area contributed by atoms with Crippen LogP contribution in [0.25, 0.3) is 0 Å². The number of unbranched alkanes of at least 4 members (excludes halogenated alkanes) is 5. The van der Waals surface area contributed by atoms with Crippen LogP contribution in [-0.4, -0.2) is 45.8 Å². The van der Waals surface area contributed by atoms with Crippen molar-refractivity contribution in [2.75, 3.05) is 20.3 Å². The second kappa shape index (κ2) is 16.5. The van der Waals surface area contributed by atoms with Gasteiger partial charge in [0.2, 0.25) is 11.8 Å². The summed E-state index contributed by atoms with van der Waals surface area (Å²) in [4.78, 5) is 36.4. The normalized spacial score (nSPS) is 11.4. The van der Waals surface area contributed by atoms with E-state index in [0.717, 1.165) is 44.1 Å². The van der Waals surface area contributed by atoms with Gasteiger partial charge in [0, 0.05) is 31.8 Å². The fourth-order valence-corrected chi connectivity index (χ4v) is 4.39. The van der Waals surface area contributed by atoms with Gasteiger partial charge in [-0.3, -0.25) is 9.32 Å². The Hall–Kier alpha value is -2.25. The molecular weight excluding hydrogens is 479 g/mol. The van der Waals surface area contributed by atoms with Gasteiger partial charge in [-0.05, 0) is 48.4 Å². The van der Waals surface area contributed by atoms with Crippen molar-refractivity contribution in [3.8, 4) is 5.88 Å². The number of rotatable bonds is 18. The van der Waals surface area contributed by atoms with E-state index in [0.29, 0.717) is 18.8 Å². The number of phosphoric ester groups is 1. The van der Waals surface area contributed by atoms with Gasteiger partial charge >= 0.3 is 7.82 Å². The van der Waals surface area contributed by atoms with Crippen molar-refractivity contribution in [2.45, 2.75) is 77.7 Å². The summed E-state index contributed by atoms with van der Waals surface area (Å²) in [6.07, 6.45) is 11.8. The van der Waals surface area contributed by atoms with E-state index in [1.165, 1.54) is 37.5 Å². The Morgan fingerprint density at radius 3 is 2.22 bits per heavy atom. The molecule has 36 heavy (non-hydrogen) atoms. The summed E-state index contributed by atoms with van der Waals surface area (Å²) in [5.74, 6) is 0.381.